The Bertz CT molecular complexity index is 840. The van der Waals surface area contributed by atoms with E-state index in [4.69, 9.17) is 0 Å². The van der Waals surface area contributed by atoms with Crippen LogP contribution < -0.4 is 10.6 Å². The molecule has 0 spiro atoms. The molecule has 0 fully saturated rings. The van der Waals surface area contributed by atoms with Crippen molar-refractivity contribution in [3.8, 4) is 0 Å². The summed E-state index contributed by atoms with van der Waals surface area (Å²) in [4.78, 5) is 12.6. The molecule has 0 saturated heterocycles. The summed E-state index contributed by atoms with van der Waals surface area (Å²) >= 11 is 0. The number of nitrogens with one attached hydrogen (secondary N) is 2. The van der Waals surface area contributed by atoms with Gasteiger partial charge in [-0.3, -0.25) is 4.98 Å². The number of aryl methyl sites for hydroxylation is 1. The Morgan fingerprint density at radius 2 is 1.83 bits per heavy atom. The van der Waals surface area contributed by atoms with Crippen molar-refractivity contribution in [3.05, 3.63) is 71.8 Å². The van der Waals surface area contributed by atoms with Gasteiger partial charge in [-0.05, 0) is 30.7 Å². The van der Waals surface area contributed by atoms with Gasteiger partial charge in [-0.25, -0.2) is 18.7 Å². The van der Waals surface area contributed by atoms with Crippen LogP contribution in [0.25, 0.3) is 0 Å². The summed E-state index contributed by atoms with van der Waals surface area (Å²) in [5.41, 5.74) is 1.43. The van der Waals surface area contributed by atoms with Crippen LogP contribution in [0.1, 0.15) is 11.4 Å². The van der Waals surface area contributed by atoms with E-state index in [1.165, 1.54) is 6.07 Å². The fourth-order valence-electron chi connectivity index (χ4n) is 2.14. The van der Waals surface area contributed by atoms with Crippen molar-refractivity contribution < 1.29 is 8.78 Å². The maximum Gasteiger partial charge on any atom is 0.160 e. The van der Waals surface area contributed by atoms with Crippen molar-refractivity contribution in [2.75, 3.05) is 10.6 Å². The monoisotopic (exact) mass is 327 g/mol. The van der Waals surface area contributed by atoms with Crippen LogP contribution in [0.15, 0.2) is 48.8 Å². The van der Waals surface area contributed by atoms with E-state index in [-0.39, 0.29) is 0 Å². The molecular weight excluding hydrogens is 312 g/mol. The lowest BCUT2D eigenvalue weighted by Gasteiger charge is -2.10. The van der Waals surface area contributed by atoms with Crippen molar-refractivity contribution in [2.24, 2.45) is 0 Å². The second-order valence-corrected chi connectivity index (χ2v) is 5.15. The van der Waals surface area contributed by atoms with Crippen molar-refractivity contribution in [1.29, 1.82) is 0 Å². The minimum Gasteiger partial charge on any atom is -0.366 e. The van der Waals surface area contributed by atoms with Gasteiger partial charge in [0.05, 0.1) is 0 Å². The third kappa shape index (κ3) is 4.01. The number of hydrogen-bond donors (Lipinski definition) is 2. The smallest absolute Gasteiger partial charge is 0.160 e. The maximum atomic E-state index is 13.3. The van der Waals surface area contributed by atoms with E-state index >= 15 is 0 Å². The molecule has 122 valence electrons. The zero-order chi connectivity index (χ0) is 16.9. The fourth-order valence-corrected chi connectivity index (χ4v) is 2.14. The van der Waals surface area contributed by atoms with E-state index < -0.39 is 11.6 Å². The van der Waals surface area contributed by atoms with Crippen molar-refractivity contribution in [2.45, 2.75) is 13.5 Å². The van der Waals surface area contributed by atoms with Crippen molar-refractivity contribution in [3.63, 3.8) is 0 Å². The normalized spacial score (nSPS) is 10.5. The van der Waals surface area contributed by atoms with Crippen LogP contribution in [0, 0.1) is 18.6 Å². The van der Waals surface area contributed by atoms with Crippen molar-refractivity contribution in [1.82, 2.24) is 15.0 Å². The summed E-state index contributed by atoms with van der Waals surface area (Å²) in [6.45, 7) is 2.32. The average Bonchev–Trinajstić information content (AvgIpc) is 2.57. The number of hydrogen-bond acceptors (Lipinski definition) is 5. The first-order valence-corrected chi connectivity index (χ1v) is 7.31. The molecule has 0 saturated carbocycles. The highest BCUT2D eigenvalue weighted by Crippen LogP contribution is 2.19. The molecule has 2 N–H and O–H groups in total. The molecular formula is C17H15F2N5. The van der Waals surface area contributed by atoms with Crippen LogP contribution in [0.2, 0.25) is 0 Å². The minimum atomic E-state index is -0.916. The quantitative estimate of drug-likeness (QED) is 0.746. The second-order valence-electron chi connectivity index (χ2n) is 5.15. The van der Waals surface area contributed by atoms with E-state index in [1.807, 2.05) is 12.1 Å². The van der Waals surface area contributed by atoms with Crippen LogP contribution in [0.3, 0.4) is 0 Å². The number of nitrogens with zero attached hydrogens (tertiary/aromatic N) is 3. The molecule has 0 radical (unpaired) electrons. The maximum absolute atomic E-state index is 13.3. The van der Waals surface area contributed by atoms with Gasteiger partial charge in [-0.15, -0.1) is 0 Å². The van der Waals surface area contributed by atoms with Crippen LogP contribution in [-0.2, 0) is 6.54 Å². The highest BCUT2D eigenvalue weighted by Gasteiger charge is 2.06. The molecule has 0 bridgehead atoms. The van der Waals surface area contributed by atoms with Crippen molar-refractivity contribution >= 4 is 17.3 Å². The summed E-state index contributed by atoms with van der Waals surface area (Å²) < 4.78 is 26.3. The average molecular weight is 327 g/mol. The molecule has 1 aromatic carbocycles. The molecule has 2 aromatic heterocycles. The van der Waals surface area contributed by atoms with Gasteiger partial charge in [0.25, 0.3) is 0 Å². The minimum absolute atomic E-state index is 0.408. The van der Waals surface area contributed by atoms with E-state index in [0.29, 0.717) is 29.7 Å². The Kier molecular flexibility index (Phi) is 4.60. The lowest BCUT2D eigenvalue weighted by Crippen LogP contribution is -2.05. The summed E-state index contributed by atoms with van der Waals surface area (Å²) in [5.74, 6) is -0.145. The first-order valence-electron chi connectivity index (χ1n) is 7.31. The lowest BCUT2D eigenvalue weighted by molar-refractivity contribution is 0.509. The SMILES string of the molecule is Cc1nc(NCc2cccnc2)cc(Nc2ccc(F)c(F)c2)n1. The molecule has 0 aliphatic carbocycles. The van der Waals surface area contributed by atoms with Gasteiger partial charge in [0.1, 0.15) is 17.5 Å². The Hall–Kier alpha value is -3.09. The molecule has 0 aliphatic heterocycles. The largest absolute Gasteiger partial charge is 0.366 e. The summed E-state index contributed by atoms with van der Waals surface area (Å²) in [6.07, 6.45) is 3.48. The predicted molar refractivity (Wildman–Crippen MR) is 88.0 cm³/mol. The molecule has 2 heterocycles. The molecule has 0 aliphatic rings. The lowest BCUT2D eigenvalue weighted by atomic mass is 10.3. The van der Waals surface area contributed by atoms with Gasteiger partial charge in [0, 0.05) is 36.8 Å². The third-order valence-corrected chi connectivity index (χ3v) is 3.23. The summed E-state index contributed by atoms with van der Waals surface area (Å²) in [5, 5.41) is 6.12. The van der Waals surface area contributed by atoms with Crippen LogP contribution in [0.5, 0.6) is 0 Å². The van der Waals surface area contributed by atoms with Gasteiger partial charge in [-0.1, -0.05) is 6.07 Å². The first kappa shape index (κ1) is 15.8. The fraction of sp³-hybridized carbons (Fsp3) is 0.118. The second kappa shape index (κ2) is 6.99. The predicted octanol–water partition coefficient (Wildman–Crippen LogP) is 3.81. The molecule has 3 rings (SSSR count). The highest BCUT2D eigenvalue weighted by atomic mass is 19.2. The van der Waals surface area contributed by atoms with Gasteiger partial charge >= 0.3 is 0 Å². The van der Waals surface area contributed by atoms with Gasteiger partial charge in [-0.2, -0.15) is 0 Å². The van der Waals surface area contributed by atoms with Gasteiger partial charge in [0.15, 0.2) is 11.6 Å². The zero-order valence-electron chi connectivity index (χ0n) is 12.9. The Labute approximate surface area is 137 Å². The molecule has 5 nitrogen and oxygen atoms in total. The summed E-state index contributed by atoms with van der Waals surface area (Å²) in [7, 11) is 0. The number of rotatable bonds is 5. The van der Waals surface area contributed by atoms with Crippen LogP contribution in [0.4, 0.5) is 26.1 Å². The first-order chi connectivity index (χ1) is 11.6. The molecule has 0 amide bonds. The number of aromatic nitrogens is 3. The van der Waals surface area contributed by atoms with Crippen LogP contribution >= 0.6 is 0 Å². The van der Waals surface area contributed by atoms with E-state index in [9.17, 15) is 8.78 Å². The number of halogens is 2. The molecule has 7 heteroatoms. The zero-order valence-corrected chi connectivity index (χ0v) is 12.9. The molecule has 0 unspecified atom stereocenters. The number of benzene rings is 1. The standard InChI is InChI=1S/C17H15F2N5/c1-11-22-16(21-10-12-3-2-6-20-9-12)8-17(23-11)24-13-4-5-14(18)15(19)7-13/h2-9H,10H2,1H3,(H2,21,22,23,24). The Balaban J connectivity index is 1.74. The van der Waals surface area contributed by atoms with E-state index in [0.717, 1.165) is 17.7 Å². The third-order valence-electron chi connectivity index (χ3n) is 3.23. The number of anilines is 3. The highest BCUT2D eigenvalue weighted by molar-refractivity contribution is 5.59. The topological polar surface area (TPSA) is 62.7 Å². The molecule has 24 heavy (non-hydrogen) atoms. The van der Waals surface area contributed by atoms with Gasteiger partial charge < -0.3 is 10.6 Å². The molecule has 0 atom stereocenters. The summed E-state index contributed by atoms with van der Waals surface area (Å²) in [6, 6.07) is 9.10. The van der Waals surface area contributed by atoms with E-state index in [1.54, 1.807) is 25.4 Å². The Morgan fingerprint density at radius 3 is 2.58 bits per heavy atom. The van der Waals surface area contributed by atoms with E-state index in [2.05, 4.69) is 25.6 Å². The number of pyridine rings is 1. The van der Waals surface area contributed by atoms with Gasteiger partial charge in [0.2, 0.25) is 0 Å². The molecule has 3 aromatic rings. The Morgan fingerprint density at radius 1 is 1.00 bits per heavy atom. The van der Waals surface area contributed by atoms with Crippen LogP contribution in [-0.4, -0.2) is 15.0 Å².